The molecule has 0 aromatic carbocycles. The highest BCUT2D eigenvalue weighted by atomic mass is 14.8. The summed E-state index contributed by atoms with van der Waals surface area (Å²) in [5.41, 5.74) is 6.20. The summed E-state index contributed by atoms with van der Waals surface area (Å²) in [4.78, 5) is 4.21. The maximum absolute atomic E-state index is 6.09. The zero-order valence-electron chi connectivity index (χ0n) is 9.14. The van der Waals surface area contributed by atoms with Crippen molar-refractivity contribution in [3.8, 4) is 0 Å². The van der Waals surface area contributed by atoms with Gasteiger partial charge in [-0.05, 0) is 59.1 Å². The van der Waals surface area contributed by atoms with E-state index in [1.54, 1.807) is 0 Å². The molecule has 1 saturated carbocycles. The largest absolute Gasteiger partial charge is 0.325 e. The molecule has 0 radical (unpaired) electrons. The van der Waals surface area contributed by atoms with Crippen LogP contribution < -0.4 is 5.73 Å². The molecular formula is C11H22N2. The van der Waals surface area contributed by atoms with Gasteiger partial charge in [0.2, 0.25) is 0 Å². The van der Waals surface area contributed by atoms with Crippen LogP contribution in [0.4, 0.5) is 0 Å². The predicted octanol–water partition coefficient (Wildman–Crippen LogP) is 2.37. The van der Waals surface area contributed by atoms with Crippen LogP contribution in [0.15, 0.2) is 4.99 Å². The summed E-state index contributed by atoms with van der Waals surface area (Å²) in [6, 6.07) is 0. The SMILES string of the molecule is C=NC1(C)CCC(C(C)(C)N)CC1. The van der Waals surface area contributed by atoms with Crippen molar-refractivity contribution >= 4 is 6.72 Å². The van der Waals surface area contributed by atoms with E-state index in [1.165, 1.54) is 12.8 Å². The molecule has 1 rings (SSSR count). The first-order valence-corrected chi connectivity index (χ1v) is 5.14. The summed E-state index contributed by atoms with van der Waals surface area (Å²) in [5, 5.41) is 0. The quantitative estimate of drug-likeness (QED) is 0.654. The van der Waals surface area contributed by atoms with Crippen molar-refractivity contribution in [3.63, 3.8) is 0 Å². The van der Waals surface area contributed by atoms with Gasteiger partial charge in [0.05, 0.1) is 5.54 Å². The molecule has 76 valence electrons. The lowest BCUT2D eigenvalue weighted by Gasteiger charge is -2.40. The first-order valence-electron chi connectivity index (χ1n) is 5.14. The van der Waals surface area contributed by atoms with Gasteiger partial charge in [0.25, 0.3) is 0 Å². The molecule has 0 heterocycles. The second-order valence-electron chi connectivity index (χ2n) is 5.25. The fourth-order valence-corrected chi connectivity index (χ4v) is 2.14. The van der Waals surface area contributed by atoms with E-state index < -0.39 is 0 Å². The molecule has 1 aliphatic carbocycles. The van der Waals surface area contributed by atoms with E-state index in [-0.39, 0.29) is 11.1 Å². The first-order chi connectivity index (χ1) is 5.87. The molecule has 0 aromatic rings. The number of hydrogen-bond acceptors (Lipinski definition) is 2. The minimum atomic E-state index is -0.0253. The second kappa shape index (κ2) is 3.41. The van der Waals surface area contributed by atoms with Gasteiger partial charge >= 0.3 is 0 Å². The number of hydrogen-bond donors (Lipinski definition) is 1. The lowest BCUT2D eigenvalue weighted by molar-refractivity contribution is 0.186. The Balaban J connectivity index is 2.53. The molecule has 2 N–H and O–H groups in total. The predicted molar refractivity (Wildman–Crippen MR) is 58.2 cm³/mol. The van der Waals surface area contributed by atoms with E-state index in [1.807, 2.05) is 0 Å². The van der Waals surface area contributed by atoms with Crippen molar-refractivity contribution < 1.29 is 0 Å². The molecule has 0 aliphatic heterocycles. The number of nitrogens with zero attached hydrogens (tertiary/aromatic N) is 1. The molecule has 2 nitrogen and oxygen atoms in total. The van der Waals surface area contributed by atoms with E-state index in [0.29, 0.717) is 5.92 Å². The summed E-state index contributed by atoms with van der Waals surface area (Å²) in [6.45, 7) is 10.1. The molecule has 0 bridgehead atoms. The summed E-state index contributed by atoms with van der Waals surface area (Å²) >= 11 is 0. The standard InChI is InChI=1S/C11H22N2/c1-10(2,12)9-5-7-11(3,13-4)8-6-9/h9H,4-8,12H2,1-3H3. The van der Waals surface area contributed by atoms with Crippen LogP contribution in [0.3, 0.4) is 0 Å². The Morgan fingerprint density at radius 1 is 1.38 bits per heavy atom. The number of nitrogens with two attached hydrogens (primary N) is 1. The maximum Gasteiger partial charge on any atom is 0.0573 e. The van der Waals surface area contributed by atoms with Crippen LogP contribution >= 0.6 is 0 Å². The lowest BCUT2D eigenvalue weighted by Crippen LogP contribution is -2.44. The lowest BCUT2D eigenvalue weighted by atomic mass is 9.71. The smallest absolute Gasteiger partial charge is 0.0573 e. The Labute approximate surface area is 81.6 Å². The van der Waals surface area contributed by atoms with Crippen LogP contribution in [0.25, 0.3) is 0 Å². The molecule has 0 spiro atoms. The molecule has 1 aliphatic rings. The molecule has 0 atom stereocenters. The molecule has 2 heteroatoms. The van der Waals surface area contributed by atoms with E-state index in [2.05, 4.69) is 32.5 Å². The topological polar surface area (TPSA) is 38.4 Å². The maximum atomic E-state index is 6.09. The summed E-state index contributed by atoms with van der Waals surface area (Å²) in [6.07, 6.45) is 4.67. The van der Waals surface area contributed by atoms with Crippen molar-refractivity contribution in [3.05, 3.63) is 0 Å². The van der Waals surface area contributed by atoms with E-state index in [9.17, 15) is 0 Å². The Hall–Kier alpha value is -0.370. The average Bonchev–Trinajstić information content (AvgIpc) is 2.04. The van der Waals surface area contributed by atoms with Crippen molar-refractivity contribution in [1.82, 2.24) is 0 Å². The third-order valence-electron chi connectivity index (χ3n) is 3.50. The van der Waals surface area contributed by atoms with Crippen molar-refractivity contribution in [1.29, 1.82) is 0 Å². The van der Waals surface area contributed by atoms with Crippen molar-refractivity contribution in [2.75, 3.05) is 0 Å². The Morgan fingerprint density at radius 2 is 1.85 bits per heavy atom. The molecular weight excluding hydrogens is 160 g/mol. The van der Waals surface area contributed by atoms with Gasteiger partial charge in [-0.1, -0.05) is 0 Å². The fraction of sp³-hybridized carbons (Fsp3) is 0.909. The van der Waals surface area contributed by atoms with E-state index in [0.717, 1.165) is 12.8 Å². The van der Waals surface area contributed by atoms with Crippen LogP contribution in [0.1, 0.15) is 46.5 Å². The molecule has 13 heavy (non-hydrogen) atoms. The zero-order chi connectivity index (χ0) is 10.1. The van der Waals surface area contributed by atoms with Gasteiger partial charge in [0, 0.05) is 5.54 Å². The van der Waals surface area contributed by atoms with Gasteiger partial charge < -0.3 is 5.73 Å². The fourth-order valence-electron chi connectivity index (χ4n) is 2.14. The van der Waals surface area contributed by atoms with Crippen LogP contribution in [0.5, 0.6) is 0 Å². The molecule has 0 amide bonds. The van der Waals surface area contributed by atoms with Gasteiger partial charge in [-0.15, -0.1) is 0 Å². The zero-order valence-corrected chi connectivity index (χ0v) is 9.14. The van der Waals surface area contributed by atoms with Crippen LogP contribution in [0.2, 0.25) is 0 Å². The minimum absolute atomic E-state index is 0.0253. The van der Waals surface area contributed by atoms with Crippen molar-refractivity contribution in [2.45, 2.75) is 57.5 Å². The van der Waals surface area contributed by atoms with Crippen LogP contribution in [0, 0.1) is 5.92 Å². The van der Waals surface area contributed by atoms with Gasteiger partial charge in [-0.2, -0.15) is 0 Å². The molecule has 0 unspecified atom stereocenters. The third kappa shape index (κ3) is 2.53. The van der Waals surface area contributed by atoms with Crippen LogP contribution in [-0.4, -0.2) is 17.8 Å². The van der Waals surface area contributed by atoms with Gasteiger partial charge in [-0.25, -0.2) is 0 Å². The van der Waals surface area contributed by atoms with Crippen molar-refractivity contribution in [2.24, 2.45) is 16.6 Å². The van der Waals surface area contributed by atoms with Gasteiger partial charge in [0.15, 0.2) is 0 Å². The van der Waals surface area contributed by atoms with Gasteiger partial charge in [0.1, 0.15) is 0 Å². The second-order valence-corrected chi connectivity index (χ2v) is 5.25. The average molecular weight is 182 g/mol. The first kappa shape index (κ1) is 10.7. The third-order valence-corrected chi connectivity index (χ3v) is 3.50. The Morgan fingerprint density at radius 3 is 2.15 bits per heavy atom. The Kier molecular flexibility index (Phi) is 2.81. The summed E-state index contributed by atoms with van der Waals surface area (Å²) < 4.78 is 0. The van der Waals surface area contributed by atoms with E-state index >= 15 is 0 Å². The summed E-state index contributed by atoms with van der Waals surface area (Å²) in [7, 11) is 0. The highest BCUT2D eigenvalue weighted by Crippen LogP contribution is 2.38. The molecule has 1 fully saturated rings. The van der Waals surface area contributed by atoms with Gasteiger partial charge in [-0.3, -0.25) is 4.99 Å². The monoisotopic (exact) mass is 182 g/mol. The van der Waals surface area contributed by atoms with Crippen LogP contribution in [-0.2, 0) is 0 Å². The number of rotatable bonds is 2. The molecule has 0 saturated heterocycles. The highest BCUT2D eigenvalue weighted by molar-refractivity contribution is 5.26. The Bertz CT molecular complexity index is 183. The van der Waals surface area contributed by atoms with E-state index in [4.69, 9.17) is 5.73 Å². The minimum Gasteiger partial charge on any atom is -0.325 e. The summed E-state index contributed by atoms with van der Waals surface area (Å²) in [5.74, 6) is 0.655. The number of aliphatic imine (C=N–C) groups is 1. The normalized spacial score (nSPS) is 35.8. The molecule has 0 aromatic heterocycles. The highest BCUT2D eigenvalue weighted by Gasteiger charge is 2.35.